The molecule has 1 aromatic rings. The molecule has 0 spiro atoms. The largest absolute Gasteiger partial charge is 0.496 e. The van der Waals surface area contributed by atoms with Crippen molar-refractivity contribution in [1.29, 1.82) is 0 Å². The maximum Gasteiger partial charge on any atom is 0.241 e. The molecule has 0 saturated carbocycles. The Balaban J connectivity index is 3.23. The van der Waals surface area contributed by atoms with Crippen LogP contribution in [-0.4, -0.2) is 25.9 Å². The normalized spacial score (nSPS) is 11.2. The zero-order valence-corrected chi connectivity index (χ0v) is 12.3. The molecule has 18 heavy (non-hydrogen) atoms. The van der Waals surface area contributed by atoms with Crippen molar-refractivity contribution in [3.05, 3.63) is 23.8 Å². The van der Waals surface area contributed by atoms with E-state index in [2.05, 4.69) is 20.8 Å². The molecule has 0 aliphatic heterocycles. The lowest BCUT2D eigenvalue weighted by Gasteiger charge is -2.25. The van der Waals surface area contributed by atoms with Gasteiger partial charge in [0.15, 0.2) is 0 Å². The van der Waals surface area contributed by atoms with Crippen molar-refractivity contribution >= 4 is 23.2 Å². The van der Waals surface area contributed by atoms with Crippen LogP contribution in [0.4, 0.5) is 5.69 Å². The molecule has 0 atom stereocenters. The van der Waals surface area contributed by atoms with E-state index in [9.17, 15) is 4.79 Å². The van der Waals surface area contributed by atoms with Gasteiger partial charge in [-0.2, -0.15) is 0 Å². The van der Waals surface area contributed by atoms with Gasteiger partial charge in [-0.25, -0.2) is 0 Å². The highest BCUT2D eigenvalue weighted by Crippen LogP contribution is 2.34. The quantitative estimate of drug-likeness (QED) is 0.789. The van der Waals surface area contributed by atoms with Crippen LogP contribution in [0.25, 0.3) is 0 Å². The second-order valence-electron chi connectivity index (χ2n) is 5.22. The average Bonchev–Trinajstić information content (AvgIpc) is 2.35. The molecule has 0 radical (unpaired) electrons. The van der Waals surface area contributed by atoms with E-state index in [0.717, 1.165) is 17.0 Å². The lowest BCUT2D eigenvalue weighted by Crippen LogP contribution is -2.27. The van der Waals surface area contributed by atoms with E-state index in [4.69, 9.17) is 16.3 Å². The summed E-state index contributed by atoms with van der Waals surface area (Å²) in [7, 11) is 3.37. The maximum atomic E-state index is 11.6. The van der Waals surface area contributed by atoms with Crippen LogP contribution in [0, 0.1) is 0 Å². The third kappa shape index (κ3) is 3.16. The smallest absolute Gasteiger partial charge is 0.241 e. The van der Waals surface area contributed by atoms with Gasteiger partial charge in [0, 0.05) is 18.3 Å². The highest BCUT2D eigenvalue weighted by molar-refractivity contribution is 6.29. The molecule has 4 heteroatoms. The second kappa shape index (κ2) is 5.61. The average molecular weight is 270 g/mol. The number of carbonyl (C=O) groups is 1. The molecule has 0 aliphatic rings. The number of carbonyl (C=O) groups excluding carboxylic acids is 1. The highest BCUT2D eigenvalue weighted by Gasteiger charge is 2.21. The van der Waals surface area contributed by atoms with Gasteiger partial charge in [-0.05, 0) is 23.6 Å². The van der Waals surface area contributed by atoms with Crippen molar-refractivity contribution in [3.8, 4) is 5.75 Å². The zero-order valence-electron chi connectivity index (χ0n) is 11.6. The minimum absolute atomic E-state index is 0.0205. The van der Waals surface area contributed by atoms with Crippen LogP contribution < -0.4 is 9.64 Å². The minimum Gasteiger partial charge on any atom is -0.496 e. The molecule has 1 amide bonds. The third-order valence-corrected chi connectivity index (χ3v) is 3.10. The van der Waals surface area contributed by atoms with Gasteiger partial charge in [0.2, 0.25) is 5.91 Å². The molecule has 100 valence electrons. The Hall–Kier alpha value is -1.22. The summed E-state index contributed by atoms with van der Waals surface area (Å²) in [5, 5.41) is 0. The van der Waals surface area contributed by atoms with E-state index in [-0.39, 0.29) is 17.2 Å². The van der Waals surface area contributed by atoms with E-state index in [0.29, 0.717) is 0 Å². The first-order valence-electron chi connectivity index (χ1n) is 5.82. The van der Waals surface area contributed by atoms with Crippen molar-refractivity contribution in [2.75, 3.05) is 24.9 Å². The van der Waals surface area contributed by atoms with Crippen LogP contribution >= 0.6 is 11.6 Å². The number of hydrogen-bond acceptors (Lipinski definition) is 2. The van der Waals surface area contributed by atoms with Gasteiger partial charge in [0.05, 0.1) is 7.11 Å². The number of ether oxygens (including phenoxy) is 1. The molecule has 0 unspecified atom stereocenters. The molecular formula is C14H20ClNO2. The number of hydrogen-bond donors (Lipinski definition) is 0. The fraction of sp³-hybridized carbons (Fsp3) is 0.500. The van der Waals surface area contributed by atoms with Gasteiger partial charge in [-0.3, -0.25) is 4.79 Å². The molecule has 3 nitrogen and oxygen atoms in total. The molecule has 0 N–H and O–H groups in total. The topological polar surface area (TPSA) is 29.5 Å². The van der Waals surface area contributed by atoms with Gasteiger partial charge in [0.1, 0.15) is 11.6 Å². The summed E-state index contributed by atoms with van der Waals surface area (Å²) >= 11 is 5.57. The van der Waals surface area contributed by atoms with E-state index < -0.39 is 0 Å². The van der Waals surface area contributed by atoms with Crippen LogP contribution in [0.2, 0.25) is 0 Å². The summed E-state index contributed by atoms with van der Waals surface area (Å²) < 4.78 is 5.36. The number of amides is 1. The molecule has 0 heterocycles. The number of alkyl halides is 1. The number of anilines is 1. The summed E-state index contributed by atoms with van der Waals surface area (Å²) in [6.45, 7) is 6.33. The van der Waals surface area contributed by atoms with Crippen LogP contribution in [0.3, 0.4) is 0 Å². The molecular weight excluding hydrogens is 250 g/mol. The summed E-state index contributed by atoms with van der Waals surface area (Å²) in [6.07, 6.45) is 0. The molecule has 1 aromatic carbocycles. The number of nitrogens with zero attached hydrogens (tertiary/aromatic N) is 1. The summed E-state index contributed by atoms with van der Waals surface area (Å²) in [6, 6.07) is 5.72. The second-order valence-corrected chi connectivity index (χ2v) is 5.49. The predicted molar refractivity (Wildman–Crippen MR) is 75.8 cm³/mol. The van der Waals surface area contributed by atoms with E-state index in [1.807, 2.05) is 18.2 Å². The van der Waals surface area contributed by atoms with Crippen molar-refractivity contribution in [2.45, 2.75) is 26.2 Å². The Bertz CT molecular complexity index is 438. The van der Waals surface area contributed by atoms with Crippen molar-refractivity contribution in [3.63, 3.8) is 0 Å². The molecule has 0 aliphatic carbocycles. The molecule has 0 saturated heterocycles. The van der Waals surface area contributed by atoms with Gasteiger partial charge in [-0.15, -0.1) is 11.6 Å². The van der Waals surface area contributed by atoms with Gasteiger partial charge >= 0.3 is 0 Å². The minimum atomic E-state index is -0.123. The SMILES string of the molecule is COc1ccc(N(C)C(=O)CCl)cc1C(C)(C)C. The summed E-state index contributed by atoms with van der Waals surface area (Å²) in [4.78, 5) is 13.1. The van der Waals surface area contributed by atoms with Gasteiger partial charge in [-0.1, -0.05) is 20.8 Å². The Morgan fingerprint density at radius 2 is 2.00 bits per heavy atom. The summed E-state index contributed by atoms with van der Waals surface area (Å²) in [5.74, 6) is 0.688. The van der Waals surface area contributed by atoms with Crippen molar-refractivity contribution < 1.29 is 9.53 Å². The Morgan fingerprint density at radius 1 is 1.39 bits per heavy atom. The number of rotatable bonds is 3. The Kier molecular flexibility index (Phi) is 4.63. The van der Waals surface area contributed by atoms with Crippen molar-refractivity contribution in [1.82, 2.24) is 0 Å². The fourth-order valence-electron chi connectivity index (χ4n) is 1.72. The monoisotopic (exact) mass is 269 g/mol. The van der Waals surface area contributed by atoms with E-state index >= 15 is 0 Å². The van der Waals surface area contributed by atoms with Gasteiger partial charge < -0.3 is 9.64 Å². The number of halogens is 1. The van der Waals surface area contributed by atoms with E-state index in [1.54, 1.807) is 19.1 Å². The molecule has 0 aromatic heterocycles. The number of methoxy groups -OCH3 is 1. The third-order valence-electron chi connectivity index (χ3n) is 2.87. The van der Waals surface area contributed by atoms with Crippen LogP contribution in [0.5, 0.6) is 5.75 Å². The summed E-state index contributed by atoms with van der Waals surface area (Å²) in [5.41, 5.74) is 1.84. The first-order chi connectivity index (χ1) is 8.31. The van der Waals surface area contributed by atoms with Crippen molar-refractivity contribution in [2.24, 2.45) is 0 Å². The molecule has 1 rings (SSSR count). The maximum absolute atomic E-state index is 11.6. The lowest BCUT2D eigenvalue weighted by atomic mass is 9.86. The van der Waals surface area contributed by atoms with Crippen LogP contribution in [0.15, 0.2) is 18.2 Å². The fourth-order valence-corrected chi connectivity index (χ4v) is 1.90. The first kappa shape index (κ1) is 14.8. The predicted octanol–water partition coefficient (Wildman–Crippen LogP) is 3.19. The van der Waals surface area contributed by atoms with E-state index in [1.165, 1.54) is 0 Å². The van der Waals surface area contributed by atoms with Gasteiger partial charge in [0.25, 0.3) is 0 Å². The first-order valence-corrected chi connectivity index (χ1v) is 6.35. The number of benzene rings is 1. The molecule has 0 bridgehead atoms. The van der Waals surface area contributed by atoms with Crippen LogP contribution in [-0.2, 0) is 10.2 Å². The Labute approximate surface area is 114 Å². The standard InChI is InChI=1S/C14H20ClNO2/c1-14(2,3)11-8-10(6-7-12(11)18-5)16(4)13(17)9-15/h6-8H,9H2,1-5H3. The Morgan fingerprint density at radius 3 is 2.44 bits per heavy atom. The highest BCUT2D eigenvalue weighted by atomic mass is 35.5. The zero-order chi connectivity index (χ0) is 13.9. The van der Waals surface area contributed by atoms with Crippen LogP contribution in [0.1, 0.15) is 26.3 Å². The molecule has 0 fully saturated rings. The lowest BCUT2D eigenvalue weighted by molar-refractivity contribution is -0.116.